The minimum absolute atomic E-state index is 0.0986. The van der Waals surface area contributed by atoms with E-state index in [4.69, 9.17) is 16.3 Å². The largest absolute Gasteiger partial charge is 0.457 e. The summed E-state index contributed by atoms with van der Waals surface area (Å²) >= 11 is 5.33. The second-order valence-corrected chi connectivity index (χ2v) is 4.72. The average Bonchev–Trinajstić information content (AvgIpc) is 2.45. The van der Waals surface area contributed by atoms with Gasteiger partial charge in [-0.3, -0.25) is 4.79 Å². The van der Waals surface area contributed by atoms with Crippen molar-refractivity contribution in [1.29, 1.82) is 0 Å². The molecule has 0 aliphatic carbocycles. The van der Waals surface area contributed by atoms with Crippen LogP contribution in [-0.4, -0.2) is 11.2 Å². The second kappa shape index (κ2) is 6.87. The summed E-state index contributed by atoms with van der Waals surface area (Å²) in [4.78, 5) is 22.8. The fourth-order valence-corrected chi connectivity index (χ4v) is 1.93. The van der Waals surface area contributed by atoms with E-state index in [1.807, 2.05) is 30.3 Å². The van der Waals surface area contributed by atoms with E-state index in [0.717, 1.165) is 5.56 Å². The summed E-state index contributed by atoms with van der Waals surface area (Å²) in [6.07, 6.45) is 0.0986. The summed E-state index contributed by atoms with van der Waals surface area (Å²) in [5.74, 6) is -0.419. The van der Waals surface area contributed by atoms with Gasteiger partial charge in [-0.2, -0.15) is 0 Å². The summed E-state index contributed by atoms with van der Waals surface area (Å²) in [6, 6.07) is 16.2. The van der Waals surface area contributed by atoms with Gasteiger partial charge in [0.05, 0.1) is 5.56 Å². The molecule has 0 heterocycles. The lowest BCUT2D eigenvalue weighted by atomic mass is 10.1. The zero-order valence-electron chi connectivity index (χ0n) is 10.7. The Balaban J connectivity index is 2.00. The van der Waals surface area contributed by atoms with Gasteiger partial charge < -0.3 is 4.74 Å². The number of rotatable bonds is 5. The van der Waals surface area contributed by atoms with Gasteiger partial charge in [0.1, 0.15) is 6.61 Å². The number of carbonyl (C=O) groups is 2. The molecule has 102 valence electrons. The smallest absolute Gasteiger partial charge is 0.338 e. The van der Waals surface area contributed by atoms with Crippen LogP contribution in [0.1, 0.15) is 21.5 Å². The highest BCUT2D eigenvalue weighted by Gasteiger charge is 2.09. The van der Waals surface area contributed by atoms with Crippen LogP contribution >= 0.6 is 11.6 Å². The Bertz CT molecular complexity index is 608. The average molecular weight is 289 g/mol. The third kappa shape index (κ3) is 4.21. The van der Waals surface area contributed by atoms with Crippen molar-refractivity contribution in [2.75, 3.05) is 0 Å². The third-order valence-corrected chi connectivity index (χ3v) is 2.85. The fraction of sp³-hybridized carbons (Fsp3) is 0.125. The molecule has 0 radical (unpaired) electrons. The van der Waals surface area contributed by atoms with Gasteiger partial charge in [-0.15, -0.1) is 0 Å². The molecule has 0 N–H and O–H groups in total. The predicted octanol–water partition coefficient (Wildman–Crippen LogP) is 3.35. The van der Waals surface area contributed by atoms with Gasteiger partial charge in [0.2, 0.25) is 5.24 Å². The first-order valence-corrected chi connectivity index (χ1v) is 6.51. The minimum atomic E-state index is -0.459. The molecule has 0 spiro atoms. The standard InChI is InChI=1S/C16H13ClO3/c17-15(18)10-13-7-4-8-14(9-13)16(19)20-11-12-5-2-1-3-6-12/h1-9H,10-11H2. The van der Waals surface area contributed by atoms with Crippen molar-refractivity contribution < 1.29 is 14.3 Å². The zero-order chi connectivity index (χ0) is 14.4. The van der Waals surface area contributed by atoms with Gasteiger partial charge in [-0.25, -0.2) is 4.79 Å². The topological polar surface area (TPSA) is 43.4 Å². The fourth-order valence-electron chi connectivity index (χ4n) is 1.78. The molecule has 0 unspecified atom stereocenters. The summed E-state index contributed by atoms with van der Waals surface area (Å²) in [6.45, 7) is 0.221. The maximum atomic E-state index is 11.9. The molecule has 0 fully saturated rings. The number of halogens is 1. The Hall–Kier alpha value is -2.13. The van der Waals surface area contributed by atoms with E-state index in [2.05, 4.69) is 0 Å². The van der Waals surface area contributed by atoms with Crippen LogP contribution in [0.4, 0.5) is 0 Å². The van der Waals surface area contributed by atoms with Crippen LogP contribution in [0.3, 0.4) is 0 Å². The van der Waals surface area contributed by atoms with E-state index in [9.17, 15) is 9.59 Å². The molecule has 0 aliphatic rings. The SMILES string of the molecule is O=C(Cl)Cc1cccc(C(=O)OCc2ccccc2)c1. The van der Waals surface area contributed by atoms with Crippen LogP contribution < -0.4 is 0 Å². The summed E-state index contributed by atoms with van der Waals surface area (Å²) in [5, 5.41) is -0.459. The quantitative estimate of drug-likeness (QED) is 0.626. The lowest BCUT2D eigenvalue weighted by molar-refractivity contribution is -0.111. The maximum Gasteiger partial charge on any atom is 0.338 e. The Labute approximate surface area is 122 Å². The van der Waals surface area contributed by atoms with Crippen molar-refractivity contribution in [3.63, 3.8) is 0 Å². The maximum absolute atomic E-state index is 11.9. The Morgan fingerprint density at radius 3 is 2.35 bits per heavy atom. The molecule has 0 saturated carbocycles. The molecule has 2 aromatic carbocycles. The highest BCUT2D eigenvalue weighted by molar-refractivity contribution is 6.63. The molecular formula is C16H13ClO3. The Morgan fingerprint density at radius 1 is 0.950 bits per heavy atom. The molecule has 0 amide bonds. The second-order valence-electron chi connectivity index (χ2n) is 4.29. The predicted molar refractivity (Wildman–Crippen MR) is 76.6 cm³/mol. The van der Waals surface area contributed by atoms with E-state index in [0.29, 0.717) is 11.1 Å². The van der Waals surface area contributed by atoms with E-state index < -0.39 is 11.2 Å². The van der Waals surface area contributed by atoms with E-state index in [-0.39, 0.29) is 13.0 Å². The summed E-state index contributed by atoms with van der Waals surface area (Å²) < 4.78 is 5.22. The first kappa shape index (κ1) is 14.3. The molecule has 20 heavy (non-hydrogen) atoms. The van der Waals surface area contributed by atoms with Crippen LogP contribution in [0, 0.1) is 0 Å². The summed E-state index contributed by atoms with van der Waals surface area (Å²) in [7, 11) is 0. The summed E-state index contributed by atoms with van der Waals surface area (Å²) in [5.41, 5.74) is 2.03. The van der Waals surface area contributed by atoms with Crippen LogP contribution in [0.15, 0.2) is 54.6 Å². The molecule has 3 nitrogen and oxygen atoms in total. The highest BCUT2D eigenvalue weighted by Crippen LogP contribution is 2.10. The molecular weight excluding hydrogens is 276 g/mol. The first-order chi connectivity index (χ1) is 9.65. The first-order valence-electron chi connectivity index (χ1n) is 6.13. The molecule has 0 saturated heterocycles. The lowest BCUT2D eigenvalue weighted by Crippen LogP contribution is -2.06. The zero-order valence-corrected chi connectivity index (χ0v) is 11.5. The van der Waals surface area contributed by atoms with Crippen molar-refractivity contribution in [2.24, 2.45) is 0 Å². The van der Waals surface area contributed by atoms with E-state index >= 15 is 0 Å². The van der Waals surface area contributed by atoms with Crippen molar-refractivity contribution >= 4 is 22.8 Å². The molecule has 0 aliphatic heterocycles. The van der Waals surface area contributed by atoms with Crippen molar-refractivity contribution in [2.45, 2.75) is 13.0 Å². The molecule has 0 atom stereocenters. The molecule has 4 heteroatoms. The van der Waals surface area contributed by atoms with E-state index in [1.54, 1.807) is 24.3 Å². The monoisotopic (exact) mass is 288 g/mol. The molecule has 0 bridgehead atoms. The van der Waals surface area contributed by atoms with Gasteiger partial charge >= 0.3 is 5.97 Å². The molecule has 2 aromatic rings. The highest BCUT2D eigenvalue weighted by atomic mass is 35.5. The van der Waals surface area contributed by atoms with Gasteiger partial charge in [0, 0.05) is 6.42 Å². The minimum Gasteiger partial charge on any atom is -0.457 e. The van der Waals surface area contributed by atoms with Crippen LogP contribution in [0.25, 0.3) is 0 Å². The normalized spacial score (nSPS) is 10.1. The molecule has 0 aromatic heterocycles. The van der Waals surface area contributed by atoms with Crippen molar-refractivity contribution in [3.05, 3.63) is 71.3 Å². The lowest BCUT2D eigenvalue weighted by Gasteiger charge is -2.06. The van der Waals surface area contributed by atoms with Crippen LogP contribution in [0.2, 0.25) is 0 Å². The van der Waals surface area contributed by atoms with Crippen LogP contribution in [-0.2, 0) is 22.6 Å². The number of esters is 1. The van der Waals surface area contributed by atoms with Crippen LogP contribution in [0.5, 0.6) is 0 Å². The van der Waals surface area contributed by atoms with Gasteiger partial charge in [-0.1, -0.05) is 42.5 Å². The third-order valence-electron chi connectivity index (χ3n) is 2.72. The van der Waals surface area contributed by atoms with Crippen molar-refractivity contribution in [3.8, 4) is 0 Å². The number of hydrogen-bond donors (Lipinski definition) is 0. The van der Waals surface area contributed by atoms with E-state index in [1.165, 1.54) is 0 Å². The van der Waals surface area contributed by atoms with Gasteiger partial charge in [0.25, 0.3) is 0 Å². The number of carbonyl (C=O) groups excluding carboxylic acids is 2. The molecule has 2 rings (SSSR count). The Kier molecular flexibility index (Phi) is 4.91. The number of benzene rings is 2. The number of ether oxygens (including phenoxy) is 1. The Morgan fingerprint density at radius 2 is 1.65 bits per heavy atom. The van der Waals surface area contributed by atoms with Gasteiger partial charge in [0.15, 0.2) is 0 Å². The van der Waals surface area contributed by atoms with Crippen molar-refractivity contribution in [1.82, 2.24) is 0 Å². The number of hydrogen-bond acceptors (Lipinski definition) is 3. The van der Waals surface area contributed by atoms with Gasteiger partial charge in [-0.05, 0) is 34.9 Å².